The average molecular weight is 248 g/mol. The van der Waals surface area contributed by atoms with Crippen LogP contribution in [0.2, 0.25) is 0 Å². The molecule has 0 aromatic carbocycles. The zero-order valence-corrected chi connectivity index (χ0v) is 11.3. The lowest BCUT2D eigenvalue weighted by Gasteiger charge is -2.16. The van der Waals surface area contributed by atoms with E-state index in [0.29, 0.717) is 6.61 Å². The third kappa shape index (κ3) is 9.04. The van der Waals surface area contributed by atoms with Gasteiger partial charge < -0.3 is 9.47 Å². The molecule has 0 rings (SSSR count). The molecule has 0 aliphatic heterocycles. The minimum absolute atomic E-state index is 0.148. The Morgan fingerprint density at radius 3 is 2.50 bits per heavy atom. The van der Waals surface area contributed by atoms with Crippen LogP contribution in [0.3, 0.4) is 0 Å². The average Bonchev–Trinajstić information content (AvgIpc) is 2.29. The van der Waals surface area contributed by atoms with Gasteiger partial charge in [-0.25, -0.2) is 0 Å². The molecule has 0 fully saturated rings. The van der Waals surface area contributed by atoms with E-state index in [-0.39, 0.29) is 17.8 Å². The Morgan fingerprint density at radius 2 is 1.94 bits per heavy atom. The Morgan fingerprint density at radius 1 is 1.19 bits per heavy atom. The predicted octanol–water partition coefficient (Wildman–Crippen LogP) is 2.83. The number of hydrogen-bond acceptors (Lipinski definition) is 4. The second-order valence-electron chi connectivity index (χ2n) is 3.80. The van der Waals surface area contributed by atoms with E-state index in [1.54, 1.807) is 0 Å². The molecule has 0 N–H and O–H groups in total. The highest BCUT2D eigenvalue weighted by Gasteiger charge is 2.09. The Balaban J connectivity index is 3.62. The second kappa shape index (κ2) is 11.3. The van der Waals surface area contributed by atoms with E-state index in [9.17, 15) is 4.79 Å². The molecule has 0 bridgehead atoms. The van der Waals surface area contributed by atoms with Gasteiger partial charge in [-0.2, -0.15) is 12.6 Å². The summed E-state index contributed by atoms with van der Waals surface area (Å²) in [5.41, 5.74) is 0. The SMILES string of the molecule is CCCCOC(CCC)CCOC(=O)CS. The standard InChI is InChI=1S/C12H24O3S/c1-3-5-8-14-11(6-4-2)7-9-15-12(13)10-16/h11,16H,3-10H2,1-2H3. The molecule has 0 aromatic rings. The highest BCUT2D eigenvalue weighted by atomic mass is 32.1. The first-order chi connectivity index (χ1) is 7.74. The molecule has 0 heterocycles. The van der Waals surface area contributed by atoms with Gasteiger partial charge in [0.05, 0.1) is 18.5 Å². The molecule has 1 unspecified atom stereocenters. The summed E-state index contributed by atoms with van der Waals surface area (Å²) in [6, 6.07) is 0. The number of ether oxygens (including phenoxy) is 2. The Kier molecular flexibility index (Phi) is 11.1. The first-order valence-corrected chi connectivity index (χ1v) is 6.75. The van der Waals surface area contributed by atoms with Crippen LogP contribution in [0.25, 0.3) is 0 Å². The second-order valence-corrected chi connectivity index (χ2v) is 4.12. The van der Waals surface area contributed by atoms with Crippen molar-refractivity contribution >= 4 is 18.6 Å². The van der Waals surface area contributed by atoms with E-state index in [0.717, 1.165) is 38.7 Å². The maximum Gasteiger partial charge on any atom is 0.315 e. The van der Waals surface area contributed by atoms with Crippen LogP contribution in [-0.2, 0) is 14.3 Å². The molecule has 0 radical (unpaired) electrons. The van der Waals surface area contributed by atoms with Crippen molar-refractivity contribution in [2.75, 3.05) is 19.0 Å². The van der Waals surface area contributed by atoms with Crippen molar-refractivity contribution in [2.45, 2.75) is 52.1 Å². The quantitative estimate of drug-likeness (QED) is 0.367. The van der Waals surface area contributed by atoms with Crippen molar-refractivity contribution < 1.29 is 14.3 Å². The van der Waals surface area contributed by atoms with Crippen molar-refractivity contribution in [3.63, 3.8) is 0 Å². The fourth-order valence-electron chi connectivity index (χ4n) is 1.38. The molecule has 4 heteroatoms. The molecule has 0 aliphatic rings. The molecule has 0 aromatic heterocycles. The summed E-state index contributed by atoms with van der Waals surface area (Å²) in [6.07, 6.45) is 5.38. The number of hydrogen-bond donors (Lipinski definition) is 1. The first kappa shape index (κ1) is 15.8. The van der Waals surface area contributed by atoms with Crippen LogP contribution in [0, 0.1) is 0 Å². The Labute approximate surface area is 104 Å². The largest absolute Gasteiger partial charge is 0.465 e. The highest BCUT2D eigenvalue weighted by Crippen LogP contribution is 2.08. The molecule has 0 saturated heterocycles. The fourth-order valence-corrected chi connectivity index (χ4v) is 1.47. The number of carbonyl (C=O) groups excluding carboxylic acids is 1. The number of unbranched alkanes of at least 4 members (excludes halogenated alkanes) is 1. The summed E-state index contributed by atoms with van der Waals surface area (Å²) in [7, 11) is 0. The fraction of sp³-hybridized carbons (Fsp3) is 0.917. The van der Waals surface area contributed by atoms with Gasteiger partial charge in [-0.15, -0.1) is 0 Å². The molecular formula is C12H24O3S. The van der Waals surface area contributed by atoms with Crippen molar-refractivity contribution in [3.8, 4) is 0 Å². The Bertz CT molecular complexity index is 174. The monoisotopic (exact) mass is 248 g/mol. The maximum atomic E-state index is 10.9. The van der Waals surface area contributed by atoms with Gasteiger partial charge in [0.15, 0.2) is 0 Å². The molecule has 0 aliphatic carbocycles. The van der Waals surface area contributed by atoms with Gasteiger partial charge >= 0.3 is 5.97 Å². The van der Waals surface area contributed by atoms with Crippen LogP contribution in [0.4, 0.5) is 0 Å². The van der Waals surface area contributed by atoms with E-state index in [1.165, 1.54) is 0 Å². The summed E-state index contributed by atoms with van der Waals surface area (Å²) in [5.74, 6) is -0.109. The van der Waals surface area contributed by atoms with Crippen molar-refractivity contribution in [2.24, 2.45) is 0 Å². The summed E-state index contributed by atoms with van der Waals surface area (Å²) in [4.78, 5) is 10.9. The number of esters is 1. The van der Waals surface area contributed by atoms with Gasteiger partial charge in [-0.05, 0) is 12.8 Å². The molecular weight excluding hydrogens is 224 g/mol. The zero-order chi connectivity index (χ0) is 12.2. The number of thiol groups is 1. The van der Waals surface area contributed by atoms with E-state index >= 15 is 0 Å². The first-order valence-electron chi connectivity index (χ1n) is 6.12. The van der Waals surface area contributed by atoms with E-state index < -0.39 is 0 Å². The summed E-state index contributed by atoms with van der Waals surface area (Å²) in [5, 5.41) is 0. The third-order valence-electron chi connectivity index (χ3n) is 2.29. The summed E-state index contributed by atoms with van der Waals surface area (Å²) >= 11 is 3.84. The molecule has 16 heavy (non-hydrogen) atoms. The summed E-state index contributed by atoms with van der Waals surface area (Å²) < 4.78 is 10.7. The lowest BCUT2D eigenvalue weighted by atomic mass is 10.1. The number of carbonyl (C=O) groups is 1. The van der Waals surface area contributed by atoms with Crippen molar-refractivity contribution in [1.82, 2.24) is 0 Å². The smallest absolute Gasteiger partial charge is 0.315 e. The van der Waals surface area contributed by atoms with Gasteiger partial charge in [0.2, 0.25) is 0 Å². The van der Waals surface area contributed by atoms with Gasteiger partial charge in [0.1, 0.15) is 0 Å². The van der Waals surface area contributed by atoms with Crippen molar-refractivity contribution in [3.05, 3.63) is 0 Å². The topological polar surface area (TPSA) is 35.5 Å². The van der Waals surface area contributed by atoms with Crippen LogP contribution in [-0.4, -0.2) is 31.0 Å². The molecule has 96 valence electrons. The lowest BCUT2D eigenvalue weighted by molar-refractivity contribution is -0.141. The zero-order valence-electron chi connectivity index (χ0n) is 10.4. The van der Waals surface area contributed by atoms with Gasteiger partial charge in [0.25, 0.3) is 0 Å². The normalized spacial score (nSPS) is 12.4. The number of rotatable bonds is 10. The highest BCUT2D eigenvalue weighted by molar-refractivity contribution is 7.81. The van der Waals surface area contributed by atoms with Crippen LogP contribution in [0.5, 0.6) is 0 Å². The van der Waals surface area contributed by atoms with Crippen molar-refractivity contribution in [1.29, 1.82) is 0 Å². The van der Waals surface area contributed by atoms with E-state index in [1.807, 2.05) is 0 Å². The predicted molar refractivity (Wildman–Crippen MR) is 69.0 cm³/mol. The lowest BCUT2D eigenvalue weighted by Crippen LogP contribution is -2.18. The van der Waals surface area contributed by atoms with Crippen LogP contribution in [0.15, 0.2) is 0 Å². The van der Waals surface area contributed by atoms with Gasteiger partial charge in [0, 0.05) is 13.0 Å². The van der Waals surface area contributed by atoms with Gasteiger partial charge in [-0.3, -0.25) is 4.79 Å². The van der Waals surface area contributed by atoms with Crippen LogP contribution < -0.4 is 0 Å². The van der Waals surface area contributed by atoms with Crippen LogP contribution >= 0.6 is 12.6 Å². The van der Waals surface area contributed by atoms with Gasteiger partial charge in [-0.1, -0.05) is 26.7 Å². The molecule has 1 atom stereocenters. The van der Waals surface area contributed by atoms with E-state index in [2.05, 4.69) is 26.5 Å². The molecule has 3 nitrogen and oxygen atoms in total. The Hall–Kier alpha value is -0.220. The summed E-state index contributed by atoms with van der Waals surface area (Å²) in [6.45, 7) is 5.53. The minimum atomic E-state index is -0.257. The van der Waals surface area contributed by atoms with Crippen LogP contribution in [0.1, 0.15) is 46.0 Å². The molecule has 0 amide bonds. The van der Waals surface area contributed by atoms with E-state index in [4.69, 9.17) is 9.47 Å². The maximum absolute atomic E-state index is 10.9. The molecule has 0 saturated carbocycles. The minimum Gasteiger partial charge on any atom is -0.465 e. The molecule has 0 spiro atoms. The third-order valence-corrected chi connectivity index (χ3v) is 2.55.